The maximum absolute atomic E-state index is 10.1. The molecule has 0 saturated heterocycles. The van der Waals surface area contributed by atoms with E-state index in [2.05, 4.69) is 15.2 Å². The van der Waals surface area contributed by atoms with Gasteiger partial charge >= 0.3 is 0 Å². The van der Waals surface area contributed by atoms with Crippen LogP contribution in [-0.2, 0) is 0 Å². The number of halogens is 1. The van der Waals surface area contributed by atoms with E-state index < -0.39 is 6.10 Å². The Labute approximate surface area is 108 Å². The summed E-state index contributed by atoms with van der Waals surface area (Å²) in [6.07, 6.45) is 0.377. The number of aliphatic hydroxyl groups is 1. The van der Waals surface area contributed by atoms with Crippen molar-refractivity contribution in [2.75, 3.05) is 12.8 Å². The number of rotatable bonds is 3. The van der Waals surface area contributed by atoms with Gasteiger partial charge in [0.05, 0.1) is 17.8 Å². The smallest absolute Gasteiger partial charge is 0.233 e. The Morgan fingerprint density at radius 1 is 1.39 bits per heavy atom. The Kier molecular flexibility index (Phi) is 3.59. The number of pyridine rings is 1. The van der Waals surface area contributed by atoms with Crippen LogP contribution in [0.5, 0.6) is 5.88 Å². The first-order valence-electron chi connectivity index (χ1n) is 5.08. The molecule has 0 aliphatic carbocycles. The lowest BCUT2D eigenvalue weighted by Crippen LogP contribution is -2.08. The lowest BCUT2D eigenvalue weighted by molar-refractivity contribution is 0.214. The number of nitrogen functional groups attached to an aromatic ring is 1. The second-order valence-electron chi connectivity index (χ2n) is 3.53. The first-order chi connectivity index (χ1) is 8.61. The Hall–Kier alpha value is -1.92. The predicted octanol–water partition coefficient (Wildman–Crippen LogP) is 1.20. The average Bonchev–Trinajstić information content (AvgIpc) is 2.41. The molecule has 94 valence electrons. The molecule has 0 aliphatic heterocycles. The zero-order chi connectivity index (χ0) is 13.1. The van der Waals surface area contributed by atoms with Crippen molar-refractivity contribution in [3.63, 3.8) is 0 Å². The molecular weight excluding hydrogens is 256 g/mol. The van der Waals surface area contributed by atoms with E-state index >= 15 is 0 Å². The third-order valence-corrected chi connectivity index (χ3v) is 2.57. The van der Waals surface area contributed by atoms with Crippen molar-refractivity contribution >= 4 is 17.4 Å². The zero-order valence-electron chi connectivity index (χ0n) is 9.54. The molecule has 0 aliphatic rings. The predicted molar refractivity (Wildman–Crippen MR) is 66.3 cm³/mol. The molecule has 0 spiro atoms. The zero-order valence-corrected chi connectivity index (χ0v) is 10.3. The number of hydrogen-bond acceptors (Lipinski definition) is 6. The van der Waals surface area contributed by atoms with Crippen LogP contribution in [0.2, 0.25) is 5.02 Å². The molecule has 7 heteroatoms. The topological polar surface area (TPSA) is 94.2 Å². The highest BCUT2D eigenvalue weighted by molar-refractivity contribution is 6.30. The quantitative estimate of drug-likeness (QED) is 0.867. The van der Waals surface area contributed by atoms with Gasteiger partial charge in [-0.3, -0.25) is 0 Å². The van der Waals surface area contributed by atoms with Gasteiger partial charge in [0.1, 0.15) is 11.9 Å². The van der Waals surface area contributed by atoms with E-state index in [-0.39, 0.29) is 5.82 Å². The maximum atomic E-state index is 10.1. The summed E-state index contributed by atoms with van der Waals surface area (Å²) in [6, 6.07) is 4.73. The number of aromatic nitrogens is 3. The molecule has 2 aromatic heterocycles. The number of aliphatic hydroxyl groups excluding tert-OH is 1. The van der Waals surface area contributed by atoms with E-state index in [0.29, 0.717) is 22.2 Å². The molecule has 1 atom stereocenters. The third-order valence-electron chi connectivity index (χ3n) is 2.36. The summed E-state index contributed by atoms with van der Waals surface area (Å²) in [5.41, 5.74) is 6.41. The molecule has 0 bridgehead atoms. The number of nitrogens with two attached hydrogens (primary N) is 1. The van der Waals surface area contributed by atoms with Crippen molar-refractivity contribution in [2.45, 2.75) is 6.10 Å². The number of ether oxygens (including phenoxy) is 1. The molecule has 2 aromatic rings. The van der Waals surface area contributed by atoms with Gasteiger partial charge < -0.3 is 15.6 Å². The number of nitrogens with zero attached hydrogens (tertiary/aromatic N) is 3. The van der Waals surface area contributed by atoms with Gasteiger partial charge in [-0.2, -0.15) is 0 Å². The van der Waals surface area contributed by atoms with Crippen LogP contribution in [0, 0.1) is 0 Å². The molecule has 0 amide bonds. The lowest BCUT2D eigenvalue weighted by atomic mass is 10.1. The summed E-state index contributed by atoms with van der Waals surface area (Å²) >= 11 is 5.81. The fraction of sp³-hybridized carbons (Fsp3) is 0.182. The molecule has 0 saturated carbocycles. The minimum absolute atomic E-state index is 0.199. The fourth-order valence-corrected chi connectivity index (χ4v) is 1.60. The number of anilines is 1. The van der Waals surface area contributed by atoms with Crippen LogP contribution in [0.25, 0.3) is 0 Å². The third kappa shape index (κ3) is 2.49. The van der Waals surface area contributed by atoms with Gasteiger partial charge in [0.2, 0.25) is 5.88 Å². The van der Waals surface area contributed by atoms with Crippen molar-refractivity contribution in [2.24, 2.45) is 0 Å². The fourth-order valence-electron chi connectivity index (χ4n) is 1.43. The molecule has 0 fully saturated rings. The van der Waals surface area contributed by atoms with Gasteiger partial charge in [-0.15, -0.1) is 10.2 Å². The van der Waals surface area contributed by atoms with E-state index in [1.165, 1.54) is 13.3 Å². The van der Waals surface area contributed by atoms with Gasteiger partial charge in [0.15, 0.2) is 0 Å². The minimum atomic E-state index is -1.03. The monoisotopic (exact) mass is 266 g/mol. The van der Waals surface area contributed by atoms with Crippen LogP contribution in [-0.4, -0.2) is 27.4 Å². The van der Waals surface area contributed by atoms with Gasteiger partial charge in [0, 0.05) is 17.8 Å². The highest BCUT2D eigenvalue weighted by atomic mass is 35.5. The second-order valence-corrected chi connectivity index (χ2v) is 3.97. The van der Waals surface area contributed by atoms with Crippen LogP contribution in [0.3, 0.4) is 0 Å². The highest BCUT2D eigenvalue weighted by Gasteiger charge is 2.17. The largest absolute Gasteiger partial charge is 0.480 e. The van der Waals surface area contributed by atoms with E-state index in [9.17, 15) is 5.11 Å². The van der Waals surface area contributed by atoms with Crippen molar-refractivity contribution in [1.29, 1.82) is 0 Å². The summed E-state index contributed by atoms with van der Waals surface area (Å²) in [5, 5.41) is 18.1. The van der Waals surface area contributed by atoms with E-state index in [1.54, 1.807) is 18.2 Å². The van der Waals surface area contributed by atoms with Gasteiger partial charge in [-0.25, -0.2) is 4.98 Å². The molecule has 0 aromatic carbocycles. The Morgan fingerprint density at radius 3 is 2.78 bits per heavy atom. The Morgan fingerprint density at radius 2 is 2.17 bits per heavy atom. The molecule has 18 heavy (non-hydrogen) atoms. The van der Waals surface area contributed by atoms with Crippen LogP contribution in [0.4, 0.5) is 5.82 Å². The maximum Gasteiger partial charge on any atom is 0.233 e. The second kappa shape index (κ2) is 5.16. The first-order valence-corrected chi connectivity index (χ1v) is 5.46. The van der Waals surface area contributed by atoms with E-state index in [1.807, 2.05) is 0 Å². The molecule has 3 N–H and O–H groups in total. The van der Waals surface area contributed by atoms with E-state index in [4.69, 9.17) is 22.1 Å². The molecular formula is C11H11ClN4O2. The lowest BCUT2D eigenvalue weighted by Gasteiger charge is -2.12. The summed E-state index contributed by atoms with van der Waals surface area (Å²) < 4.78 is 4.88. The highest BCUT2D eigenvalue weighted by Crippen LogP contribution is 2.26. The van der Waals surface area contributed by atoms with Crippen molar-refractivity contribution < 1.29 is 9.84 Å². The molecule has 2 heterocycles. The number of methoxy groups -OCH3 is 1. The minimum Gasteiger partial charge on any atom is -0.480 e. The first kappa shape index (κ1) is 12.5. The average molecular weight is 267 g/mol. The molecule has 1 unspecified atom stereocenters. The van der Waals surface area contributed by atoms with Gasteiger partial charge in [0.25, 0.3) is 0 Å². The standard InChI is InChI=1S/C11H11ClN4O2/c1-18-9-3-2-8(15-16-9)10(17)7-4-6(12)5-14-11(7)13/h2-5,10,17H,1H3,(H2,13,14). The van der Waals surface area contributed by atoms with Crippen LogP contribution < -0.4 is 10.5 Å². The van der Waals surface area contributed by atoms with Crippen LogP contribution >= 0.6 is 11.6 Å². The van der Waals surface area contributed by atoms with Crippen molar-refractivity contribution in [3.05, 3.63) is 40.7 Å². The summed E-state index contributed by atoms with van der Waals surface area (Å²) in [5.74, 6) is 0.563. The SMILES string of the molecule is COc1ccc(C(O)c2cc(Cl)cnc2N)nn1. The molecule has 2 rings (SSSR count). The number of hydrogen-bond donors (Lipinski definition) is 2. The van der Waals surface area contributed by atoms with E-state index in [0.717, 1.165) is 0 Å². The summed E-state index contributed by atoms with van der Waals surface area (Å²) in [6.45, 7) is 0. The summed E-state index contributed by atoms with van der Waals surface area (Å²) in [7, 11) is 1.49. The van der Waals surface area contributed by atoms with Crippen molar-refractivity contribution in [1.82, 2.24) is 15.2 Å². The van der Waals surface area contributed by atoms with Crippen molar-refractivity contribution in [3.8, 4) is 5.88 Å². The molecule has 6 nitrogen and oxygen atoms in total. The Balaban J connectivity index is 2.34. The van der Waals surface area contributed by atoms with Crippen LogP contribution in [0.1, 0.15) is 17.4 Å². The van der Waals surface area contributed by atoms with Crippen LogP contribution in [0.15, 0.2) is 24.4 Å². The van der Waals surface area contributed by atoms with Gasteiger partial charge in [-0.1, -0.05) is 11.6 Å². The molecule has 0 radical (unpaired) electrons. The normalized spacial score (nSPS) is 12.2. The van der Waals surface area contributed by atoms with Gasteiger partial charge in [-0.05, 0) is 12.1 Å². The summed E-state index contributed by atoms with van der Waals surface area (Å²) in [4.78, 5) is 3.87. The Bertz CT molecular complexity index is 547.